The van der Waals surface area contributed by atoms with Crippen LogP contribution in [0.4, 0.5) is 5.13 Å². The molecule has 3 heterocycles. The lowest BCUT2D eigenvalue weighted by molar-refractivity contribution is -0.141. The SMILES string of the molecule is O=C(O)[C@@H]1CCCN(c2nnc(-n3cccc3)s2)C1. The lowest BCUT2D eigenvalue weighted by Gasteiger charge is -2.29. The van der Waals surface area contributed by atoms with Gasteiger partial charge in [-0.3, -0.25) is 9.36 Å². The Kier molecular flexibility index (Phi) is 3.20. The minimum atomic E-state index is -0.722. The zero-order chi connectivity index (χ0) is 13.2. The predicted octanol–water partition coefficient (Wildman–Crippen LogP) is 1.63. The highest BCUT2D eigenvalue weighted by molar-refractivity contribution is 7.17. The number of aromatic nitrogens is 3. The third-order valence-corrected chi connectivity index (χ3v) is 4.27. The summed E-state index contributed by atoms with van der Waals surface area (Å²) in [4.78, 5) is 13.1. The molecule has 0 aliphatic carbocycles. The van der Waals surface area contributed by atoms with Crippen molar-refractivity contribution in [3.05, 3.63) is 24.5 Å². The maximum Gasteiger partial charge on any atom is 0.308 e. The van der Waals surface area contributed by atoms with Gasteiger partial charge in [0.25, 0.3) is 0 Å². The van der Waals surface area contributed by atoms with Crippen molar-refractivity contribution in [3.8, 4) is 5.13 Å². The number of carboxylic acid groups (broad SMARTS) is 1. The monoisotopic (exact) mass is 278 g/mol. The fourth-order valence-electron chi connectivity index (χ4n) is 2.25. The number of rotatable bonds is 3. The van der Waals surface area contributed by atoms with E-state index in [1.54, 1.807) is 0 Å². The van der Waals surface area contributed by atoms with E-state index in [1.807, 2.05) is 34.0 Å². The first kappa shape index (κ1) is 12.2. The Labute approximate surface area is 114 Å². The molecule has 100 valence electrons. The van der Waals surface area contributed by atoms with Crippen LogP contribution in [-0.2, 0) is 4.79 Å². The molecule has 0 saturated carbocycles. The van der Waals surface area contributed by atoms with Gasteiger partial charge in [-0.25, -0.2) is 0 Å². The molecule has 0 aromatic carbocycles. The van der Waals surface area contributed by atoms with Crippen LogP contribution in [0.15, 0.2) is 24.5 Å². The first-order valence-corrected chi connectivity index (χ1v) is 7.00. The van der Waals surface area contributed by atoms with Gasteiger partial charge in [0.05, 0.1) is 5.92 Å². The molecule has 1 aliphatic heterocycles. The largest absolute Gasteiger partial charge is 0.481 e. The second-order valence-corrected chi connectivity index (χ2v) is 5.52. The standard InChI is InChI=1S/C12H14N4O2S/c17-10(18)9-4-3-7-16(8-9)12-14-13-11(19-12)15-5-1-2-6-15/h1-2,5-6,9H,3-4,7-8H2,(H,17,18)/t9-/m1/s1. The molecule has 0 bridgehead atoms. The number of hydrogen-bond donors (Lipinski definition) is 1. The normalized spacial score (nSPS) is 19.6. The van der Waals surface area contributed by atoms with E-state index in [1.165, 1.54) is 11.3 Å². The summed E-state index contributed by atoms with van der Waals surface area (Å²) in [5, 5.41) is 19.0. The van der Waals surface area contributed by atoms with E-state index in [0.29, 0.717) is 6.54 Å². The average molecular weight is 278 g/mol. The number of carboxylic acids is 1. The lowest BCUT2D eigenvalue weighted by Crippen LogP contribution is -2.38. The number of carbonyl (C=O) groups is 1. The van der Waals surface area contributed by atoms with Gasteiger partial charge in [0, 0.05) is 25.5 Å². The maximum atomic E-state index is 11.1. The van der Waals surface area contributed by atoms with Crippen molar-refractivity contribution in [2.45, 2.75) is 12.8 Å². The summed E-state index contributed by atoms with van der Waals surface area (Å²) in [6, 6.07) is 3.87. The van der Waals surface area contributed by atoms with E-state index in [9.17, 15) is 4.79 Å². The number of hydrogen-bond acceptors (Lipinski definition) is 5. The van der Waals surface area contributed by atoms with Crippen LogP contribution >= 0.6 is 11.3 Å². The Bertz CT molecular complexity index is 566. The minimum absolute atomic E-state index is 0.298. The molecular formula is C12H14N4O2S. The van der Waals surface area contributed by atoms with Gasteiger partial charge in [0.15, 0.2) is 0 Å². The van der Waals surface area contributed by atoms with E-state index in [4.69, 9.17) is 5.11 Å². The molecule has 0 spiro atoms. The van der Waals surface area contributed by atoms with Crippen molar-refractivity contribution in [2.75, 3.05) is 18.0 Å². The highest BCUT2D eigenvalue weighted by Crippen LogP contribution is 2.27. The van der Waals surface area contributed by atoms with E-state index in [2.05, 4.69) is 10.2 Å². The number of aliphatic carboxylic acids is 1. The first-order chi connectivity index (χ1) is 9.24. The molecule has 1 aliphatic rings. The molecule has 3 rings (SSSR count). The lowest BCUT2D eigenvalue weighted by atomic mass is 9.99. The van der Waals surface area contributed by atoms with E-state index in [0.717, 1.165) is 29.6 Å². The molecule has 2 aromatic rings. The van der Waals surface area contributed by atoms with Crippen molar-refractivity contribution < 1.29 is 9.90 Å². The summed E-state index contributed by atoms with van der Waals surface area (Å²) in [5.74, 6) is -1.02. The third kappa shape index (κ3) is 2.46. The van der Waals surface area contributed by atoms with Crippen molar-refractivity contribution in [1.29, 1.82) is 0 Å². The number of piperidine rings is 1. The molecule has 2 aromatic heterocycles. The van der Waals surface area contributed by atoms with Crippen LogP contribution in [0.2, 0.25) is 0 Å². The van der Waals surface area contributed by atoms with Gasteiger partial charge < -0.3 is 10.0 Å². The predicted molar refractivity (Wildman–Crippen MR) is 71.8 cm³/mol. The molecular weight excluding hydrogens is 264 g/mol. The summed E-state index contributed by atoms with van der Waals surface area (Å²) in [6.45, 7) is 1.37. The molecule has 7 heteroatoms. The third-order valence-electron chi connectivity index (χ3n) is 3.27. The summed E-state index contributed by atoms with van der Waals surface area (Å²) in [6.07, 6.45) is 5.46. The summed E-state index contributed by atoms with van der Waals surface area (Å²) >= 11 is 1.48. The fourth-order valence-corrected chi connectivity index (χ4v) is 3.10. The average Bonchev–Trinajstić information content (AvgIpc) is 3.09. The van der Waals surface area contributed by atoms with Crippen molar-refractivity contribution in [1.82, 2.24) is 14.8 Å². The molecule has 1 fully saturated rings. The van der Waals surface area contributed by atoms with Gasteiger partial charge in [0.1, 0.15) is 0 Å². The maximum absolute atomic E-state index is 11.1. The van der Waals surface area contributed by atoms with Crippen LogP contribution in [0.3, 0.4) is 0 Å². The Morgan fingerprint density at radius 2 is 2.05 bits per heavy atom. The van der Waals surface area contributed by atoms with Gasteiger partial charge in [-0.2, -0.15) is 0 Å². The molecule has 19 heavy (non-hydrogen) atoms. The Morgan fingerprint density at radius 1 is 1.32 bits per heavy atom. The number of anilines is 1. The van der Waals surface area contributed by atoms with Crippen LogP contribution in [0.1, 0.15) is 12.8 Å². The van der Waals surface area contributed by atoms with E-state index >= 15 is 0 Å². The smallest absolute Gasteiger partial charge is 0.308 e. The zero-order valence-electron chi connectivity index (χ0n) is 10.3. The van der Waals surface area contributed by atoms with Gasteiger partial charge in [-0.15, -0.1) is 10.2 Å². The van der Waals surface area contributed by atoms with E-state index in [-0.39, 0.29) is 5.92 Å². The van der Waals surface area contributed by atoms with Crippen LogP contribution < -0.4 is 4.90 Å². The topological polar surface area (TPSA) is 71.2 Å². The van der Waals surface area contributed by atoms with Crippen LogP contribution in [0, 0.1) is 5.92 Å². The fraction of sp³-hybridized carbons (Fsp3) is 0.417. The highest BCUT2D eigenvalue weighted by Gasteiger charge is 2.27. The first-order valence-electron chi connectivity index (χ1n) is 6.18. The van der Waals surface area contributed by atoms with Gasteiger partial charge in [0.2, 0.25) is 10.3 Å². The summed E-state index contributed by atoms with van der Waals surface area (Å²) in [5.41, 5.74) is 0. The molecule has 0 radical (unpaired) electrons. The van der Waals surface area contributed by atoms with Crippen molar-refractivity contribution in [2.24, 2.45) is 5.92 Å². The highest BCUT2D eigenvalue weighted by atomic mass is 32.1. The van der Waals surface area contributed by atoms with Crippen molar-refractivity contribution >= 4 is 22.4 Å². The summed E-state index contributed by atoms with van der Waals surface area (Å²) < 4.78 is 1.90. The molecule has 1 atom stereocenters. The van der Waals surface area contributed by atoms with E-state index < -0.39 is 5.97 Å². The Hall–Kier alpha value is -1.89. The molecule has 1 N–H and O–H groups in total. The van der Waals surface area contributed by atoms with Gasteiger partial charge in [-0.05, 0) is 25.0 Å². The second kappa shape index (κ2) is 5.00. The molecule has 6 nitrogen and oxygen atoms in total. The Balaban J connectivity index is 1.77. The van der Waals surface area contributed by atoms with Crippen LogP contribution in [0.5, 0.6) is 0 Å². The number of nitrogens with zero attached hydrogens (tertiary/aromatic N) is 4. The molecule has 0 amide bonds. The van der Waals surface area contributed by atoms with Crippen molar-refractivity contribution in [3.63, 3.8) is 0 Å². The zero-order valence-corrected chi connectivity index (χ0v) is 11.1. The minimum Gasteiger partial charge on any atom is -0.481 e. The molecule has 0 unspecified atom stereocenters. The van der Waals surface area contributed by atoms with Gasteiger partial charge in [-0.1, -0.05) is 11.3 Å². The van der Waals surface area contributed by atoms with Gasteiger partial charge >= 0.3 is 5.97 Å². The van der Waals surface area contributed by atoms with Crippen LogP contribution in [0.25, 0.3) is 5.13 Å². The quantitative estimate of drug-likeness (QED) is 0.924. The van der Waals surface area contributed by atoms with Crippen LogP contribution in [-0.4, -0.2) is 38.9 Å². The molecule has 1 saturated heterocycles. The Morgan fingerprint density at radius 3 is 2.79 bits per heavy atom. The summed E-state index contributed by atoms with van der Waals surface area (Å²) in [7, 11) is 0. The second-order valence-electron chi connectivity index (χ2n) is 4.58.